The predicted molar refractivity (Wildman–Crippen MR) is 50.0 cm³/mol. The maximum absolute atomic E-state index is 11.6. The Morgan fingerprint density at radius 3 is 3.20 bits per heavy atom. The van der Waals surface area contributed by atoms with E-state index in [2.05, 4.69) is 26.0 Å². The van der Waals surface area contributed by atoms with E-state index in [0.717, 1.165) is 0 Å². The van der Waals surface area contributed by atoms with Gasteiger partial charge >= 0.3 is 0 Å². The van der Waals surface area contributed by atoms with Gasteiger partial charge in [-0.1, -0.05) is 5.10 Å². The first-order chi connectivity index (χ1) is 7.25. The average Bonchev–Trinajstić information content (AvgIpc) is 2.65. The highest BCUT2D eigenvalue weighted by Gasteiger charge is 2.22. The summed E-state index contributed by atoms with van der Waals surface area (Å²) in [6, 6.07) is -0.345. The van der Waals surface area contributed by atoms with Gasteiger partial charge in [0, 0.05) is 6.54 Å². The van der Waals surface area contributed by atoms with E-state index in [9.17, 15) is 4.79 Å². The number of hydrogen-bond acceptors (Lipinski definition) is 6. The van der Waals surface area contributed by atoms with Crippen LogP contribution in [0.5, 0.6) is 0 Å². The van der Waals surface area contributed by atoms with Crippen LogP contribution in [0.1, 0.15) is 0 Å². The van der Waals surface area contributed by atoms with E-state index in [1.807, 2.05) is 0 Å². The summed E-state index contributed by atoms with van der Waals surface area (Å²) in [5.74, 6) is -0.00225. The third kappa shape index (κ3) is 2.48. The van der Waals surface area contributed by atoms with Gasteiger partial charge in [0.1, 0.15) is 6.04 Å². The van der Waals surface area contributed by atoms with Crippen LogP contribution in [-0.2, 0) is 16.6 Å². The van der Waals surface area contributed by atoms with Crippen LogP contribution in [-0.4, -0.2) is 51.9 Å². The minimum atomic E-state index is -0.345. The van der Waals surface area contributed by atoms with Crippen molar-refractivity contribution in [3.63, 3.8) is 0 Å². The fraction of sp³-hybridized carbons (Fsp3) is 0.714. The lowest BCUT2D eigenvalue weighted by Gasteiger charge is -2.21. The van der Waals surface area contributed by atoms with E-state index >= 15 is 0 Å². The number of rotatable bonds is 2. The number of nitrogens with one attached hydrogen (secondary N) is 2. The standard InChI is InChI=1S/C7H12N6O2/c1-13-11-7(10-12-13)9-6(14)5-4-15-3-2-8-5/h5,8H,2-4H2,1H3,(H,9,11,14). The number of anilines is 1. The Kier molecular flexibility index (Phi) is 2.88. The van der Waals surface area contributed by atoms with E-state index in [0.29, 0.717) is 19.8 Å². The van der Waals surface area contributed by atoms with Gasteiger partial charge in [-0.2, -0.15) is 4.80 Å². The Labute approximate surface area is 86.0 Å². The second kappa shape index (κ2) is 4.32. The number of nitrogens with zero attached hydrogens (tertiary/aromatic N) is 4. The SMILES string of the molecule is Cn1nnc(NC(=O)C2COCCN2)n1. The molecule has 1 aromatic heterocycles. The van der Waals surface area contributed by atoms with E-state index < -0.39 is 0 Å². The molecule has 82 valence electrons. The molecule has 1 fully saturated rings. The molecule has 2 heterocycles. The molecule has 0 aliphatic carbocycles. The van der Waals surface area contributed by atoms with Crippen LogP contribution < -0.4 is 10.6 Å². The maximum Gasteiger partial charge on any atom is 0.270 e. The zero-order valence-corrected chi connectivity index (χ0v) is 8.30. The first kappa shape index (κ1) is 9.99. The Morgan fingerprint density at radius 2 is 2.60 bits per heavy atom. The van der Waals surface area contributed by atoms with E-state index in [1.54, 1.807) is 7.05 Å². The topological polar surface area (TPSA) is 94.0 Å². The second-order valence-corrected chi connectivity index (χ2v) is 3.17. The quantitative estimate of drug-likeness (QED) is 0.597. The molecule has 0 saturated carbocycles. The Morgan fingerprint density at radius 1 is 1.73 bits per heavy atom. The second-order valence-electron chi connectivity index (χ2n) is 3.17. The van der Waals surface area contributed by atoms with E-state index in [4.69, 9.17) is 4.74 Å². The predicted octanol–water partition coefficient (Wildman–Crippen LogP) is -1.86. The van der Waals surface area contributed by atoms with Gasteiger partial charge in [-0.15, -0.1) is 5.10 Å². The molecule has 2 N–H and O–H groups in total. The molecule has 0 aromatic carbocycles. The van der Waals surface area contributed by atoms with Crippen molar-refractivity contribution in [1.82, 2.24) is 25.5 Å². The third-order valence-electron chi connectivity index (χ3n) is 1.98. The molecule has 1 aromatic rings. The van der Waals surface area contributed by atoms with Crippen LogP contribution in [0.15, 0.2) is 0 Å². The average molecular weight is 212 g/mol. The Balaban J connectivity index is 1.91. The van der Waals surface area contributed by atoms with Crippen molar-refractivity contribution in [2.75, 3.05) is 25.1 Å². The fourth-order valence-corrected chi connectivity index (χ4v) is 1.27. The molecule has 2 rings (SSSR count). The van der Waals surface area contributed by atoms with E-state index in [-0.39, 0.29) is 17.9 Å². The molecule has 8 nitrogen and oxygen atoms in total. The van der Waals surface area contributed by atoms with Gasteiger partial charge in [-0.05, 0) is 5.21 Å². The van der Waals surface area contributed by atoms with Gasteiger partial charge in [0.05, 0.1) is 20.3 Å². The van der Waals surface area contributed by atoms with Crippen LogP contribution >= 0.6 is 0 Å². The molecule has 15 heavy (non-hydrogen) atoms. The molecule has 1 atom stereocenters. The van der Waals surface area contributed by atoms with Crippen LogP contribution in [0.2, 0.25) is 0 Å². The molecule has 0 radical (unpaired) electrons. The highest BCUT2D eigenvalue weighted by Crippen LogP contribution is 1.98. The lowest BCUT2D eigenvalue weighted by atomic mass is 10.2. The fourth-order valence-electron chi connectivity index (χ4n) is 1.27. The highest BCUT2D eigenvalue weighted by atomic mass is 16.5. The number of aryl methyl sites for hydroxylation is 1. The number of carbonyl (C=O) groups excluding carboxylic acids is 1. The molecule has 1 unspecified atom stereocenters. The van der Waals surface area contributed by atoms with Crippen molar-refractivity contribution < 1.29 is 9.53 Å². The normalized spacial score (nSPS) is 21.3. The zero-order chi connectivity index (χ0) is 10.7. The van der Waals surface area contributed by atoms with Gasteiger partial charge in [-0.3, -0.25) is 10.1 Å². The van der Waals surface area contributed by atoms with Crippen molar-refractivity contribution in [3.8, 4) is 0 Å². The van der Waals surface area contributed by atoms with Crippen LogP contribution in [0.3, 0.4) is 0 Å². The summed E-state index contributed by atoms with van der Waals surface area (Å²) in [4.78, 5) is 12.9. The van der Waals surface area contributed by atoms with Gasteiger partial charge in [0.15, 0.2) is 0 Å². The minimum absolute atomic E-state index is 0.204. The maximum atomic E-state index is 11.6. The van der Waals surface area contributed by atoms with Crippen molar-refractivity contribution in [2.24, 2.45) is 7.05 Å². The largest absolute Gasteiger partial charge is 0.378 e. The van der Waals surface area contributed by atoms with Crippen molar-refractivity contribution >= 4 is 11.9 Å². The lowest BCUT2D eigenvalue weighted by Crippen LogP contribution is -2.49. The number of carbonyl (C=O) groups is 1. The first-order valence-corrected chi connectivity index (χ1v) is 4.62. The number of morpholine rings is 1. The van der Waals surface area contributed by atoms with Crippen LogP contribution in [0, 0.1) is 0 Å². The Bertz CT molecular complexity index is 345. The summed E-state index contributed by atoms with van der Waals surface area (Å²) in [5.41, 5.74) is 0. The molecule has 1 aliphatic rings. The lowest BCUT2D eigenvalue weighted by molar-refractivity contribution is -0.120. The minimum Gasteiger partial charge on any atom is -0.378 e. The molecule has 0 spiro atoms. The van der Waals surface area contributed by atoms with Crippen molar-refractivity contribution in [2.45, 2.75) is 6.04 Å². The van der Waals surface area contributed by atoms with Gasteiger partial charge < -0.3 is 10.1 Å². The summed E-state index contributed by atoms with van der Waals surface area (Å²) >= 11 is 0. The van der Waals surface area contributed by atoms with Crippen LogP contribution in [0.4, 0.5) is 5.95 Å². The summed E-state index contributed by atoms with van der Waals surface area (Å²) in [7, 11) is 1.63. The van der Waals surface area contributed by atoms with Crippen LogP contribution in [0.25, 0.3) is 0 Å². The first-order valence-electron chi connectivity index (χ1n) is 4.62. The summed E-state index contributed by atoms with van der Waals surface area (Å²) in [6.45, 7) is 1.67. The number of hydrogen-bond donors (Lipinski definition) is 2. The molecule has 1 amide bonds. The highest BCUT2D eigenvalue weighted by molar-refractivity contribution is 5.93. The number of tetrazole rings is 1. The number of ether oxygens (including phenoxy) is 1. The van der Waals surface area contributed by atoms with Crippen molar-refractivity contribution in [1.29, 1.82) is 0 Å². The van der Waals surface area contributed by atoms with Crippen molar-refractivity contribution in [3.05, 3.63) is 0 Å². The zero-order valence-electron chi connectivity index (χ0n) is 8.30. The molecular formula is C7H12N6O2. The number of amides is 1. The summed E-state index contributed by atoms with van der Waals surface area (Å²) in [6.07, 6.45) is 0. The van der Waals surface area contributed by atoms with E-state index in [1.165, 1.54) is 4.80 Å². The Hall–Kier alpha value is -1.54. The van der Waals surface area contributed by atoms with Gasteiger partial charge in [-0.25, -0.2) is 0 Å². The monoisotopic (exact) mass is 212 g/mol. The molecule has 8 heteroatoms. The molecule has 1 saturated heterocycles. The third-order valence-corrected chi connectivity index (χ3v) is 1.98. The van der Waals surface area contributed by atoms with Gasteiger partial charge in [0.2, 0.25) is 5.91 Å². The summed E-state index contributed by atoms with van der Waals surface area (Å²) in [5, 5.41) is 16.7. The molecule has 0 bridgehead atoms. The van der Waals surface area contributed by atoms with Gasteiger partial charge in [0.25, 0.3) is 5.95 Å². The molecular weight excluding hydrogens is 200 g/mol. The smallest absolute Gasteiger partial charge is 0.270 e. The number of aromatic nitrogens is 4. The summed E-state index contributed by atoms with van der Waals surface area (Å²) < 4.78 is 5.16. The molecule has 1 aliphatic heterocycles.